The van der Waals surface area contributed by atoms with Crippen LogP contribution in [0.5, 0.6) is 0 Å². The van der Waals surface area contributed by atoms with Gasteiger partial charge in [0.05, 0.1) is 6.21 Å². The molecule has 0 saturated heterocycles. The predicted octanol–water partition coefficient (Wildman–Crippen LogP) is 2.76. The molecule has 0 aliphatic carbocycles. The van der Waals surface area contributed by atoms with Gasteiger partial charge in [-0.05, 0) is 46.0 Å². The fourth-order valence-electron chi connectivity index (χ4n) is 1.99. The van der Waals surface area contributed by atoms with E-state index in [2.05, 4.69) is 45.3 Å². The van der Waals surface area contributed by atoms with Crippen LogP contribution in [-0.4, -0.2) is 26.9 Å². The van der Waals surface area contributed by atoms with Crippen LogP contribution in [0.4, 0.5) is 0 Å². The zero-order chi connectivity index (χ0) is 15.4. The lowest BCUT2D eigenvalue weighted by atomic mass is 10.3. The Balaban J connectivity index is 2.12. The summed E-state index contributed by atoms with van der Waals surface area (Å²) < 4.78 is 2.12. The summed E-state index contributed by atoms with van der Waals surface area (Å²) in [4.78, 5) is 4.35. The number of hydrogen-bond donors (Lipinski definition) is 2. The monoisotopic (exact) mass is 321 g/mol. The van der Waals surface area contributed by atoms with Crippen molar-refractivity contribution >= 4 is 34.9 Å². The van der Waals surface area contributed by atoms with Crippen LogP contribution in [-0.2, 0) is 0 Å². The highest BCUT2D eigenvalue weighted by molar-refractivity contribution is 7.80. The van der Waals surface area contributed by atoms with Gasteiger partial charge in [-0.2, -0.15) is 5.10 Å². The number of hydrogen-bond acceptors (Lipinski definition) is 4. The molecule has 0 aromatic carbocycles. The van der Waals surface area contributed by atoms with Crippen molar-refractivity contribution < 1.29 is 0 Å². The Bertz CT molecular complexity index is 641. The Morgan fingerprint density at radius 3 is 2.86 bits per heavy atom. The zero-order valence-corrected chi connectivity index (χ0v) is 14.2. The van der Waals surface area contributed by atoms with Gasteiger partial charge in [0, 0.05) is 34.6 Å². The van der Waals surface area contributed by atoms with Gasteiger partial charge in [0.25, 0.3) is 0 Å². The first-order valence-electron chi connectivity index (χ1n) is 6.67. The lowest BCUT2D eigenvalue weighted by molar-refractivity contribution is 0.719. The maximum absolute atomic E-state index is 5.12. The molecule has 0 radical (unpaired) electrons. The van der Waals surface area contributed by atoms with Crippen LogP contribution in [0.3, 0.4) is 0 Å². The first kappa shape index (κ1) is 15.7. The molecule has 112 valence electrons. The summed E-state index contributed by atoms with van der Waals surface area (Å²) in [7, 11) is 0. The number of nitrogens with one attached hydrogen (secondary N) is 2. The van der Waals surface area contributed by atoms with Crippen molar-refractivity contribution in [3.8, 4) is 5.13 Å². The first-order chi connectivity index (χ1) is 9.99. The molecule has 2 N–H and O–H groups in total. The minimum absolute atomic E-state index is 0.287. The second-order valence-corrected chi connectivity index (χ2v) is 6.26. The summed E-state index contributed by atoms with van der Waals surface area (Å²) in [5, 5.41) is 10.7. The summed E-state index contributed by atoms with van der Waals surface area (Å²) in [6.07, 6.45) is 3.59. The predicted molar refractivity (Wildman–Crippen MR) is 92.5 cm³/mol. The smallest absolute Gasteiger partial charge is 0.193 e. The molecule has 0 saturated carbocycles. The summed E-state index contributed by atoms with van der Waals surface area (Å²) in [5.41, 5.74) is 6.10. The lowest BCUT2D eigenvalue weighted by Gasteiger charge is -2.09. The van der Waals surface area contributed by atoms with Gasteiger partial charge in [-0.25, -0.2) is 4.98 Å². The highest BCUT2D eigenvalue weighted by Crippen LogP contribution is 2.20. The summed E-state index contributed by atoms with van der Waals surface area (Å²) in [6.45, 7) is 8.17. The van der Waals surface area contributed by atoms with Crippen molar-refractivity contribution in [1.29, 1.82) is 0 Å². The standard InChI is InChI=1S/C14H19N5S2/c1-9(2)17-13(20)18-16-8-12-7-10(3)19(11(12)4)14-15-5-6-21-14/h5-9H,1-4H3,(H2,17,18,20)/b16-8-. The molecule has 0 fully saturated rings. The van der Waals surface area contributed by atoms with Crippen molar-refractivity contribution in [2.45, 2.75) is 33.7 Å². The molecule has 2 heterocycles. The number of thiocarbonyl (C=S) groups is 1. The Labute approximate surface area is 134 Å². The zero-order valence-electron chi connectivity index (χ0n) is 12.5. The van der Waals surface area contributed by atoms with Crippen LogP contribution in [0.2, 0.25) is 0 Å². The highest BCUT2D eigenvalue weighted by atomic mass is 32.1. The fourth-order valence-corrected chi connectivity index (χ4v) is 3.03. The maximum Gasteiger partial charge on any atom is 0.193 e. The Morgan fingerprint density at radius 1 is 1.48 bits per heavy atom. The maximum atomic E-state index is 5.12. The second-order valence-electron chi connectivity index (χ2n) is 4.97. The molecule has 2 rings (SSSR count). The van der Waals surface area contributed by atoms with Gasteiger partial charge in [-0.1, -0.05) is 0 Å². The number of hydrazone groups is 1. The number of aromatic nitrogens is 2. The topological polar surface area (TPSA) is 54.2 Å². The lowest BCUT2D eigenvalue weighted by Crippen LogP contribution is -2.36. The van der Waals surface area contributed by atoms with Crippen LogP contribution in [0.1, 0.15) is 30.8 Å². The Morgan fingerprint density at radius 2 is 2.24 bits per heavy atom. The van der Waals surface area contributed by atoms with Gasteiger partial charge in [0.1, 0.15) is 0 Å². The number of aryl methyl sites for hydroxylation is 1. The minimum atomic E-state index is 0.287. The normalized spacial score (nSPS) is 11.3. The molecule has 0 spiro atoms. The van der Waals surface area contributed by atoms with Crippen molar-refractivity contribution in [2.24, 2.45) is 5.10 Å². The van der Waals surface area contributed by atoms with Gasteiger partial charge in [0.2, 0.25) is 0 Å². The number of rotatable bonds is 4. The van der Waals surface area contributed by atoms with E-state index in [1.807, 2.05) is 25.4 Å². The van der Waals surface area contributed by atoms with Gasteiger partial charge in [0.15, 0.2) is 10.2 Å². The molecule has 2 aromatic rings. The van der Waals surface area contributed by atoms with Crippen molar-refractivity contribution in [3.05, 3.63) is 34.6 Å². The van der Waals surface area contributed by atoms with E-state index in [0.717, 1.165) is 22.1 Å². The van der Waals surface area contributed by atoms with Crippen molar-refractivity contribution in [2.75, 3.05) is 0 Å². The largest absolute Gasteiger partial charge is 0.359 e. The average molecular weight is 321 g/mol. The molecule has 0 atom stereocenters. The highest BCUT2D eigenvalue weighted by Gasteiger charge is 2.10. The summed E-state index contributed by atoms with van der Waals surface area (Å²) in [5.74, 6) is 0. The Kier molecular flexibility index (Phi) is 5.08. The second kappa shape index (κ2) is 6.82. The summed E-state index contributed by atoms with van der Waals surface area (Å²) in [6, 6.07) is 2.37. The molecule has 21 heavy (non-hydrogen) atoms. The molecule has 5 nitrogen and oxygen atoms in total. The van der Waals surface area contributed by atoms with Gasteiger partial charge in [-0.15, -0.1) is 11.3 Å². The van der Waals surface area contributed by atoms with E-state index >= 15 is 0 Å². The molecule has 0 aliphatic heterocycles. The van der Waals surface area contributed by atoms with E-state index in [-0.39, 0.29) is 6.04 Å². The van der Waals surface area contributed by atoms with Gasteiger partial charge < -0.3 is 5.32 Å². The Hall–Kier alpha value is -1.73. The van der Waals surface area contributed by atoms with E-state index in [4.69, 9.17) is 12.2 Å². The molecule has 0 aliphatic rings. The third-order valence-electron chi connectivity index (χ3n) is 2.87. The molecule has 0 unspecified atom stereocenters. The SMILES string of the molecule is Cc1cc(/C=N\NC(=S)NC(C)C)c(C)n1-c1nccs1. The van der Waals surface area contributed by atoms with Gasteiger partial charge >= 0.3 is 0 Å². The van der Waals surface area contributed by atoms with Crippen molar-refractivity contribution in [3.63, 3.8) is 0 Å². The van der Waals surface area contributed by atoms with Crippen LogP contribution in [0, 0.1) is 13.8 Å². The van der Waals surface area contributed by atoms with Crippen LogP contribution in [0.25, 0.3) is 5.13 Å². The van der Waals surface area contributed by atoms with E-state index < -0.39 is 0 Å². The first-order valence-corrected chi connectivity index (χ1v) is 7.96. The third-order valence-corrected chi connectivity index (χ3v) is 3.84. The van der Waals surface area contributed by atoms with Crippen LogP contribution in [0.15, 0.2) is 22.7 Å². The summed E-state index contributed by atoms with van der Waals surface area (Å²) >= 11 is 6.74. The van der Waals surface area contributed by atoms with Gasteiger partial charge in [-0.3, -0.25) is 9.99 Å². The van der Waals surface area contributed by atoms with Crippen LogP contribution < -0.4 is 10.7 Å². The number of thiazole rings is 1. The number of nitrogens with zero attached hydrogens (tertiary/aromatic N) is 3. The molecular weight excluding hydrogens is 302 g/mol. The quantitative estimate of drug-likeness (QED) is 0.516. The van der Waals surface area contributed by atoms with Crippen LogP contribution >= 0.6 is 23.6 Å². The molecular formula is C14H19N5S2. The average Bonchev–Trinajstić information content (AvgIpc) is 2.98. The molecule has 2 aromatic heterocycles. The third kappa shape index (κ3) is 3.89. The minimum Gasteiger partial charge on any atom is -0.359 e. The van der Waals surface area contributed by atoms with Crippen molar-refractivity contribution in [1.82, 2.24) is 20.3 Å². The molecule has 0 amide bonds. The molecule has 0 bridgehead atoms. The fraction of sp³-hybridized carbons (Fsp3) is 0.357. The van der Waals surface area contributed by atoms with E-state index in [1.165, 1.54) is 0 Å². The van der Waals surface area contributed by atoms with E-state index in [1.54, 1.807) is 17.6 Å². The molecule has 7 heteroatoms. The van der Waals surface area contributed by atoms with E-state index in [9.17, 15) is 0 Å². The van der Waals surface area contributed by atoms with E-state index in [0.29, 0.717) is 5.11 Å².